The molecule has 0 saturated heterocycles. The van der Waals surface area contributed by atoms with Crippen molar-refractivity contribution in [3.63, 3.8) is 0 Å². The van der Waals surface area contributed by atoms with E-state index in [4.69, 9.17) is 14.6 Å². The normalized spacial score (nSPS) is 14.3. The summed E-state index contributed by atoms with van der Waals surface area (Å²) in [6.07, 6.45) is -0.504. The molecule has 0 heterocycles. The van der Waals surface area contributed by atoms with Crippen molar-refractivity contribution >= 4 is 11.8 Å². The molecule has 2 unspecified atom stereocenters. The van der Waals surface area contributed by atoms with Crippen LogP contribution in [0.15, 0.2) is 29.2 Å². The lowest BCUT2D eigenvalue weighted by molar-refractivity contribution is -0.0257. The van der Waals surface area contributed by atoms with Gasteiger partial charge < -0.3 is 19.7 Å². The predicted molar refractivity (Wildman–Crippen MR) is 76.4 cm³/mol. The van der Waals surface area contributed by atoms with E-state index in [9.17, 15) is 5.11 Å². The molecule has 0 amide bonds. The number of methoxy groups -OCH3 is 1. The number of aliphatic hydroxyl groups is 2. The summed E-state index contributed by atoms with van der Waals surface area (Å²) >= 11 is 1.57. The van der Waals surface area contributed by atoms with Gasteiger partial charge in [0, 0.05) is 17.8 Å². The van der Waals surface area contributed by atoms with Gasteiger partial charge in [0.05, 0.1) is 32.0 Å². The monoisotopic (exact) mass is 286 g/mol. The lowest BCUT2D eigenvalue weighted by Gasteiger charge is -2.15. The molecule has 2 atom stereocenters. The lowest BCUT2D eigenvalue weighted by Crippen LogP contribution is -2.24. The summed E-state index contributed by atoms with van der Waals surface area (Å²) in [5, 5.41) is 18.7. The van der Waals surface area contributed by atoms with Crippen molar-refractivity contribution in [2.75, 3.05) is 26.1 Å². The van der Waals surface area contributed by atoms with Gasteiger partial charge in [0.15, 0.2) is 0 Å². The van der Waals surface area contributed by atoms with Gasteiger partial charge in [-0.1, -0.05) is 12.1 Å². The molecule has 4 nitrogen and oxygen atoms in total. The maximum absolute atomic E-state index is 9.80. The van der Waals surface area contributed by atoms with Crippen molar-refractivity contribution in [3.8, 4) is 0 Å². The Morgan fingerprint density at radius 1 is 1.21 bits per heavy atom. The molecule has 1 aromatic rings. The predicted octanol–water partition coefficient (Wildman–Crippen LogP) is 1.68. The molecular weight excluding hydrogens is 264 g/mol. The van der Waals surface area contributed by atoms with Gasteiger partial charge >= 0.3 is 0 Å². The molecule has 0 radical (unpaired) electrons. The van der Waals surface area contributed by atoms with Crippen LogP contribution < -0.4 is 0 Å². The van der Waals surface area contributed by atoms with Crippen molar-refractivity contribution in [1.29, 1.82) is 0 Å². The molecule has 108 valence electrons. The fraction of sp³-hybridized carbons (Fsp3) is 0.571. The summed E-state index contributed by atoms with van der Waals surface area (Å²) in [6.45, 7) is 2.81. The third-order valence-corrected chi connectivity index (χ3v) is 3.68. The molecule has 0 aliphatic carbocycles. The van der Waals surface area contributed by atoms with E-state index >= 15 is 0 Å². The summed E-state index contributed by atoms with van der Waals surface area (Å²) < 4.78 is 10.4. The third kappa shape index (κ3) is 6.94. The van der Waals surface area contributed by atoms with E-state index in [1.54, 1.807) is 18.9 Å². The van der Waals surface area contributed by atoms with Crippen LogP contribution >= 0.6 is 11.8 Å². The number of ether oxygens (including phenoxy) is 2. The zero-order valence-electron chi connectivity index (χ0n) is 11.4. The molecule has 19 heavy (non-hydrogen) atoms. The topological polar surface area (TPSA) is 58.9 Å². The van der Waals surface area contributed by atoms with Gasteiger partial charge in [0.1, 0.15) is 0 Å². The Kier molecular flexibility index (Phi) is 8.09. The fourth-order valence-electron chi connectivity index (χ4n) is 1.49. The fourth-order valence-corrected chi connectivity index (χ4v) is 2.30. The molecule has 2 N–H and O–H groups in total. The SMILES string of the molecule is COCC(C)OCC(O)CSc1ccc(CO)cc1. The zero-order chi connectivity index (χ0) is 14.1. The lowest BCUT2D eigenvalue weighted by atomic mass is 10.2. The second-order valence-corrected chi connectivity index (χ2v) is 5.46. The number of rotatable bonds is 9. The molecule has 0 spiro atoms. The van der Waals surface area contributed by atoms with Crippen molar-refractivity contribution in [2.45, 2.75) is 30.6 Å². The van der Waals surface area contributed by atoms with Crippen LogP contribution in [0.5, 0.6) is 0 Å². The first-order valence-electron chi connectivity index (χ1n) is 6.27. The van der Waals surface area contributed by atoms with E-state index in [0.29, 0.717) is 19.0 Å². The molecule has 5 heteroatoms. The van der Waals surface area contributed by atoms with E-state index in [1.807, 2.05) is 31.2 Å². The van der Waals surface area contributed by atoms with Crippen LogP contribution in [0.2, 0.25) is 0 Å². The highest BCUT2D eigenvalue weighted by Gasteiger charge is 2.08. The number of hydrogen-bond acceptors (Lipinski definition) is 5. The third-order valence-electron chi connectivity index (χ3n) is 2.52. The van der Waals surface area contributed by atoms with Gasteiger partial charge in [-0.15, -0.1) is 11.8 Å². The van der Waals surface area contributed by atoms with Crippen LogP contribution in [-0.2, 0) is 16.1 Å². The highest BCUT2D eigenvalue weighted by atomic mass is 32.2. The molecule has 0 aliphatic rings. The first kappa shape index (κ1) is 16.5. The summed E-state index contributed by atoms with van der Waals surface area (Å²) in [5.41, 5.74) is 0.890. The Balaban J connectivity index is 2.23. The van der Waals surface area contributed by atoms with Gasteiger partial charge in [-0.05, 0) is 24.6 Å². The average Bonchev–Trinajstić information content (AvgIpc) is 2.44. The minimum absolute atomic E-state index is 0.00603. The molecule has 0 fully saturated rings. The number of hydrogen-bond donors (Lipinski definition) is 2. The van der Waals surface area contributed by atoms with E-state index < -0.39 is 6.10 Å². The van der Waals surface area contributed by atoms with Crippen LogP contribution in [0.25, 0.3) is 0 Å². The van der Waals surface area contributed by atoms with E-state index in [-0.39, 0.29) is 12.7 Å². The van der Waals surface area contributed by atoms with Gasteiger partial charge in [0.2, 0.25) is 0 Å². The molecule has 1 aromatic carbocycles. The quantitative estimate of drug-likeness (QED) is 0.676. The van der Waals surface area contributed by atoms with Crippen LogP contribution in [0.4, 0.5) is 0 Å². The molecule has 0 saturated carbocycles. The Hall–Kier alpha value is -0.590. The molecule has 0 aromatic heterocycles. The molecular formula is C14H22O4S. The van der Waals surface area contributed by atoms with Crippen LogP contribution in [0.1, 0.15) is 12.5 Å². The minimum Gasteiger partial charge on any atom is -0.392 e. The Bertz CT molecular complexity index is 342. The second-order valence-electron chi connectivity index (χ2n) is 4.37. The summed E-state index contributed by atoms with van der Waals surface area (Å²) in [4.78, 5) is 1.07. The Labute approximate surface area is 118 Å². The maximum atomic E-state index is 9.80. The first-order valence-corrected chi connectivity index (χ1v) is 7.25. The summed E-state index contributed by atoms with van der Waals surface area (Å²) in [7, 11) is 1.63. The largest absolute Gasteiger partial charge is 0.392 e. The second kappa shape index (κ2) is 9.34. The number of thioether (sulfide) groups is 1. The Morgan fingerprint density at radius 2 is 1.89 bits per heavy atom. The van der Waals surface area contributed by atoms with Crippen LogP contribution in [0.3, 0.4) is 0 Å². The highest BCUT2D eigenvalue weighted by molar-refractivity contribution is 7.99. The molecule has 1 rings (SSSR count). The van der Waals surface area contributed by atoms with Crippen LogP contribution in [0, 0.1) is 0 Å². The first-order chi connectivity index (χ1) is 9.15. The zero-order valence-corrected chi connectivity index (χ0v) is 12.2. The standard InChI is InChI=1S/C14H22O4S/c1-11(8-17-2)18-9-13(16)10-19-14-5-3-12(7-15)4-6-14/h3-6,11,13,15-16H,7-10H2,1-2H3. The number of benzene rings is 1. The van der Waals surface area contributed by atoms with Gasteiger partial charge in [-0.2, -0.15) is 0 Å². The molecule has 0 aliphatic heterocycles. The van der Waals surface area contributed by atoms with Crippen molar-refractivity contribution in [3.05, 3.63) is 29.8 Å². The highest BCUT2D eigenvalue weighted by Crippen LogP contribution is 2.19. The van der Waals surface area contributed by atoms with Gasteiger partial charge in [0.25, 0.3) is 0 Å². The van der Waals surface area contributed by atoms with Crippen molar-refractivity contribution in [1.82, 2.24) is 0 Å². The van der Waals surface area contributed by atoms with E-state index in [0.717, 1.165) is 10.5 Å². The smallest absolute Gasteiger partial charge is 0.0867 e. The van der Waals surface area contributed by atoms with E-state index in [1.165, 1.54) is 0 Å². The van der Waals surface area contributed by atoms with E-state index in [2.05, 4.69) is 0 Å². The van der Waals surface area contributed by atoms with Gasteiger partial charge in [-0.3, -0.25) is 0 Å². The van der Waals surface area contributed by atoms with Crippen molar-refractivity contribution < 1.29 is 19.7 Å². The van der Waals surface area contributed by atoms with Crippen molar-refractivity contribution in [2.24, 2.45) is 0 Å². The molecule has 0 bridgehead atoms. The minimum atomic E-state index is -0.498. The number of aliphatic hydroxyl groups excluding tert-OH is 2. The van der Waals surface area contributed by atoms with Crippen LogP contribution in [-0.4, -0.2) is 48.5 Å². The summed E-state index contributed by atoms with van der Waals surface area (Å²) in [5.74, 6) is 0.582. The maximum Gasteiger partial charge on any atom is 0.0867 e. The Morgan fingerprint density at radius 3 is 2.47 bits per heavy atom. The summed E-state index contributed by atoms with van der Waals surface area (Å²) in [6, 6.07) is 7.65. The van der Waals surface area contributed by atoms with Gasteiger partial charge in [-0.25, -0.2) is 0 Å². The average molecular weight is 286 g/mol.